The van der Waals surface area contributed by atoms with Crippen LogP contribution in [0.25, 0.3) is 0 Å². The van der Waals surface area contributed by atoms with Gasteiger partial charge < -0.3 is 14.6 Å². The molecule has 0 radical (unpaired) electrons. The van der Waals surface area contributed by atoms with E-state index in [1.54, 1.807) is 30.2 Å². The van der Waals surface area contributed by atoms with Crippen molar-refractivity contribution in [3.8, 4) is 0 Å². The summed E-state index contributed by atoms with van der Waals surface area (Å²) in [6.45, 7) is 7.14. The van der Waals surface area contributed by atoms with Crippen molar-refractivity contribution >= 4 is 17.2 Å². The minimum atomic E-state index is -0.387. The number of aryl methyl sites for hydroxylation is 1. The van der Waals surface area contributed by atoms with Crippen LogP contribution in [0.5, 0.6) is 0 Å². The first kappa shape index (κ1) is 16.8. The fourth-order valence-electron chi connectivity index (χ4n) is 2.51. The van der Waals surface area contributed by atoms with Gasteiger partial charge in [-0.25, -0.2) is 0 Å². The van der Waals surface area contributed by atoms with Crippen LogP contribution in [0.15, 0.2) is 23.6 Å². The molecule has 1 atom stereocenters. The Hall–Kier alpha value is -1.59. The Labute approximate surface area is 136 Å². The van der Waals surface area contributed by atoms with Crippen LogP contribution in [0, 0.1) is 13.8 Å². The Bertz CT molecular complexity index is 629. The highest BCUT2D eigenvalue weighted by Crippen LogP contribution is 2.20. The summed E-state index contributed by atoms with van der Waals surface area (Å²) < 4.78 is 2.18. The highest BCUT2D eigenvalue weighted by atomic mass is 32.1. The summed E-state index contributed by atoms with van der Waals surface area (Å²) in [4.78, 5) is 15.5. The maximum absolute atomic E-state index is 12.6. The third-order valence-corrected chi connectivity index (χ3v) is 4.79. The quantitative estimate of drug-likeness (QED) is 0.889. The van der Waals surface area contributed by atoms with E-state index in [1.807, 2.05) is 26.0 Å². The van der Waals surface area contributed by atoms with Gasteiger partial charge in [-0.1, -0.05) is 6.07 Å². The second-order valence-corrected chi connectivity index (χ2v) is 6.85. The second kappa shape index (κ2) is 7.11. The lowest BCUT2D eigenvalue weighted by Crippen LogP contribution is -2.29. The monoisotopic (exact) mass is 320 g/mol. The van der Waals surface area contributed by atoms with Crippen LogP contribution in [0.1, 0.15) is 40.0 Å². The van der Waals surface area contributed by atoms with E-state index >= 15 is 0 Å². The Morgan fingerprint density at radius 3 is 2.77 bits per heavy atom. The molecule has 2 aromatic heterocycles. The molecule has 1 unspecified atom stereocenters. The lowest BCUT2D eigenvalue weighted by molar-refractivity contribution is 0.0768. The Kier molecular flexibility index (Phi) is 5.42. The van der Waals surface area contributed by atoms with Gasteiger partial charge in [-0.05, 0) is 44.7 Å². The Morgan fingerprint density at radius 2 is 2.18 bits per heavy atom. The molecular formula is C17H24N2O2S. The number of aliphatic hydroxyl groups is 1. The number of thiophene rings is 1. The zero-order chi connectivity index (χ0) is 16.3. The SMILES string of the molecule is Cc1cc(C(=O)N(C)CCC(C)O)c(C)n1Cc1cccs1. The second-order valence-electron chi connectivity index (χ2n) is 5.81. The first-order valence-electron chi connectivity index (χ1n) is 7.52. The van der Waals surface area contributed by atoms with Crippen LogP contribution < -0.4 is 0 Å². The van der Waals surface area contributed by atoms with Crippen LogP contribution in [0.4, 0.5) is 0 Å². The Morgan fingerprint density at radius 1 is 1.45 bits per heavy atom. The van der Waals surface area contributed by atoms with Crippen molar-refractivity contribution in [3.05, 3.63) is 45.4 Å². The number of hydrogen-bond donors (Lipinski definition) is 1. The van der Waals surface area contributed by atoms with Crippen molar-refractivity contribution < 1.29 is 9.90 Å². The van der Waals surface area contributed by atoms with Crippen LogP contribution in [-0.4, -0.2) is 40.2 Å². The molecule has 22 heavy (non-hydrogen) atoms. The molecule has 0 spiro atoms. The van der Waals surface area contributed by atoms with Crippen LogP contribution in [0.2, 0.25) is 0 Å². The number of aliphatic hydroxyl groups excluding tert-OH is 1. The number of hydrogen-bond acceptors (Lipinski definition) is 3. The molecule has 2 rings (SSSR count). The van der Waals surface area contributed by atoms with E-state index in [4.69, 9.17) is 0 Å². The molecular weight excluding hydrogens is 296 g/mol. The summed E-state index contributed by atoms with van der Waals surface area (Å²) >= 11 is 1.73. The topological polar surface area (TPSA) is 45.5 Å². The maximum Gasteiger partial charge on any atom is 0.255 e. The molecule has 2 aromatic rings. The van der Waals surface area contributed by atoms with Crippen LogP contribution in [-0.2, 0) is 6.54 Å². The third kappa shape index (κ3) is 3.78. The number of carbonyl (C=O) groups is 1. The summed E-state index contributed by atoms with van der Waals surface area (Å²) in [5.41, 5.74) is 2.85. The molecule has 0 aliphatic heterocycles. The average molecular weight is 320 g/mol. The summed E-state index contributed by atoms with van der Waals surface area (Å²) in [6, 6.07) is 6.12. The number of amides is 1. The summed E-state index contributed by atoms with van der Waals surface area (Å²) in [5, 5.41) is 11.4. The molecule has 0 bridgehead atoms. The zero-order valence-corrected chi connectivity index (χ0v) is 14.5. The highest BCUT2D eigenvalue weighted by Gasteiger charge is 2.19. The minimum absolute atomic E-state index is 0.0196. The number of carbonyl (C=O) groups excluding carboxylic acids is 1. The van der Waals surface area contributed by atoms with Gasteiger partial charge in [0.05, 0.1) is 18.2 Å². The van der Waals surface area contributed by atoms with Gasteiger partial charge in [0.2, 0.25) is 0 Å². The van der Waals surface area contributed by atoms with E-state index in [-0.39, 0.29) is 12.0 Å². The predicted octanol–water partition coefficient (Wildman–Crippen LogP) is 3.06. The largest absolute Gasteiger partial charge is 0.393 e. The van der Waals surface area contributed by atoms with Gasteiger partial charge in [0.15, 0.2) is 0 Å². The molecule has 0 aliphatic carbocycles. The fourth-order valence-corrected chi connectivity index (χ4v) is 3.20. The first-order chi connectivity index (χ1) is 10.4. The molecule has 1 amide bonds. The molecule has 5 heteroatoms. The smallest absolute Gasteiger partial charge is 0.255 e. The van der Waals surface area contributed by atoms with Gasteiger partial charge in [0.25, 0.3) is 5.91 Å². The maximum atomic E-state index is 12.6. The van der Waals surface area contributed by atoms with E-state index < -0.39 is 0 Å². The predicted molar refractivity (Wildman–Crippen MR) is 90.6 cm³/mol. The fraction of sp³-hybridized carbons (Fsp3) is 0.471. The molecule has 0 aliphatic rings. The molecule has 120 valence electrons. The van der Waals surface area contributed by atoms with E-state index in [2.05, 4.69) is 16.0 Å². The minimum Gasteiger partial charge on any atom is -0.393 e. The van der Waals surface area contributed by atoms with Gasteiger partial charge >= 0.3 is 0 Å². The number of rotatable bonds is 6. The average Bonchev–Trinajstić information content (AvgIpc) is 3.07. The normalized spacial score (nSPS) is 12.4. The van der Waals surface area contributed by atoms with Crippen molar-refractivity contribution in [2.24, 2.45) is 0 Å². The lowest BCUT2D eigenvalue weighted by atomic mass is 10.2. The zero-order valence-electron chi connectivity index (χ0n) is 13.7. The van der Waals surface area contributed by atoms with Crippen molar-refractivity contribution in [1.29, 1.82) is 0 Å². The van der Waals surface area contributed by atoms with Crippen molar-refractivity contribution in [2.75, 3.05) is 13.6 Å². The van der Waals surface area contributed by atoms with Gasteiger partial charge in [0.1, 0.15) is 0 Å². The van der Waals surface area contributed by atoms with Gasteiger partial charge in [-0.2, -0.15) is 0 Å². The van der Waals surface area contributed by atoms with Crippen LogP contribution >= 0.6 is 11.3 Å². The van der Waals surface area contributed by atoms with Gasteiger partial charge in [-0.3, -0.25) is 4.79 Å². The number of nitrogens with zero attached hydrogens (tertiary/aromatic N) is 2. The van der Waals surface area contributed by atoms with E-state index in [0.717, 1.165) is 23.5 Å². The van der Waals surface area contributed by atoms with Crippen molar-refractivity contribution in [2.45, 2.75) is 39.8 Å². The number of aromatic nitrogens is 1. The highest BCUT2D eigenvalue weighted by molar-refractivity contribution is 7.09. The molecule has 0 aromatic carbocycles. The summed E-state index contributed by atoms with van der Waals surface area (Å²) in [5.74, 6) is 0.0196. The van der Waals surface area contributed by atoms with Gasteiger partial charge in [0, 0.05) is 29.9 Å². The summed E-state index contributed by atoms with van der Waals surface area (Å²) in [7, 11) is 1.79. The standard InChI is InChI=1S/C17H24N2O2S/c1-12-10-16(17(21)18(4)8-7-13(2)20)14(3)19(12)11-15-6-5-9-22-15/h5-6,9-10,13,20H,7-8,11H2,1-4H3. The van der Waals surface area contributed by atoms with Gasteiger partial charge in [-0.15, -0.1) is 11.3 Å². The van der Waals surface area contributed by atoms with Crippen molar-refractivity contribution in [3.63, 3.8) is 0 Å². The first-order valence-corrected chi connectivity index (χ1v) is 8.40. The molecule has 0 fully saturated rings. The molecule has 1 N–H and O–H groups in total. The molecule has 0 saturated heterocycles. The Balaban J connectivity index is 2.16. The third-order valence-electron chi connectivity index (χ3n) is 3.93. The lowest BCUT2D eigenvalue weighted by Gasteiger charge is -2.18. The van der Waals surface area contributed by atoms with E-state index in [0.29, 0.717) is 13.0 Å². The summed E-state index contributed by atoms with van der Waals surface area (Å²) in [6.07, 6.45) is 0.206. The molecule has 0 saturated carbocycles. The van der Waals surface area contributed by atoms with E-state index in [9.17, 15) is 9.90 Å². The van der Waals surface area contributed by atoms with E-state index in [1.165, 1.54) is 4.88 Å². The van der Waals surface area contributed by atoms with Crippen molar-refractivity contribution in [1.82, 2.24) is 9.47 Å². The molecule has 4 nitrogen and oxygen atoms in total. The van der Waals surface area contributed by atoms with Crippen LogP contribution in [0.3, 0.4) is 0 Å². The molecule has 2 heterocycles.